The van der Waals surface area contributed by atoms with Gasteiger partial charge < -0.3 is 10.2 Å². The molecule has 1 aromatic rings. The smallest absolute Gasteiger partial charge is 0.263 e. The Kier molecular flexibility index (Phi) is 3.31. The number of carbonyl (C=O) groups excluding carboxylic acids is 2. The van der Waals surface area contributed by atoms with Crippen LogP contribution in [0.15, 0.2) is 17.5 Å². The number of carbonyl (C=O) groups is 2. The fourth-order valence-corrected chi connectivity index (χ4v) is 3.84. The minimum atomic E-state index is -0.204. The summed E-state index contributed by atoms with van der Waals surface area (Å²) < 4.78 is 0. The van der Waals surface area contributed by atoms with E-state index in [0.717, 1.165) is 43.6 Å². The van der Waals surface area contributed by atoms with Crippen molar-refractivity contribution in [3.05, 3.63) is 22.4 Å². The van der Waals surface area contributed by atoms with Crippen LogP contribution in [0.2, 0.25) is 0 Å². The normalized spacial score (nSPS) is 27.4. The molecule has 0 radical (unpaired) electrons. The van der Waals surface area contributed by atoms with Crippen molar-refractivity contribution in [2.75, 3.05) is 19.6 Å². The first-order chi connectivity index (χ1) is 9.21. The molecule has 1 N–H and O–H groups in total. The third-order valence-corrected chi connectivity index (χ3v) is 5.19. The molecule has 0 aromatic carbocycles. The van der Waals surface area contributed by atoms with Gasteiger partial charge in [-0.05, 0) is 37.1 Å². The van der Waals surface area contributed by atoms with Crippen LogP contribution in [0.25, 0.3) is 0 Å². The molecule has 0 bridgehead atoms. The van der Waals surface area contributed by atoms with Gasteiger partial charge in [0.15, 0.2) is 0 Å². The molecular weight excluding hydrogens is 260 g/mol. The van der Waals surface area contributed by atoms with Gasteiger partial charge >= 0.3 is 0 Å². The maximum atomic E-state index is 12.3. The Balaban J connectivity index is 1.71. The highest BCUT2D eigenvalue weighted by Gasteiger charge is 2.43. The molecule has 1 atom stereocenters. The summed E-state index contributed by atoms with van der Waals surface area (Å²) in [5.74, 6) is 0.309. The zero-order chi connectivity index (χ0) is 13.3. The van der Waals surface area contributed by atoms with Crippen molar-refractivity contribution < 1.29 is 9.59 Å². The third-order valence-electron chi connectivity index (χ3n) is 4.33. The van der Waals surface area contributed by atoms with Crippen molar-refractivity contribution in [3.63, 3.8) is 0 Å². The Hall–Kier alpha value is -1.36. The number of thiophene rings is 1. The summed E-state index contributed by atoms with van der Waals surface area (Å²) >= 11 is 1.49. The second-order valence-corrected chi connectivity index (χ2v) is 6.36. The SMILES string of the molecule is O=C(c1cccs1)N1CCCC2(CCNC2=O)CC1. The van der Waals surface area contributed by atoms with Gasteiger partial charge in [0.1, 0.15) is 0 Å². The molecule has 1 spiro atoms. The first-order valence-corrected chi connectivity index (χ1v) is 7.70. The van der Waals surface area contributed by atoms with Gasteiger partial charge in [0.05, 0.1) is 10.3 Å². The summed E-state index contributed by atoms with van der Waals surface area (Å²) in [6, 6.07) is 3.78. The monoisotopic (exact) mass is 278 g/mol. The van der Waals surface area contributed by atoms with Crippen LogP contribution in [0.5, 0.6) is 0 Å². The van der Waals surface area contributed by atoms with Gasteiger partial charge in [-0.2, -0.15) is 0 Å². The van der Waals surface area contributed by atoms with E-state index < -0.39 is 0 Å². The standard InChI is InChI=1S/C14H18N2O2S/c17-12(11-3-1-10-19-11)16-8-2-4-14(6-9-16)5-7-15-13(14)18/h1,3,10H,2,4-9H2,(H,15,18). The topological polar surface area (TPSA) is 49.4 Å². The Morgan fingerprint density at radius 2 is 2.21 bits per heavy atom. The third kappa shape index (κ3) is 2.27. The largest absolute Gasteiger partial charge is 0.356 e. The van der Waals surface area contributed by atoms with E-state index in [9.17, 15) is 9.59 Å². The van der Waals surface area contributed by atoms with Gasteiger partial charge in [0.25, 0.3) is 5.91 Å². The molecule has 19 heavy (non-hydrogen) atoms. The summed E-state index contributed by atoms with van der Waals surface area (Å²) in [5, 5.41) is 4.87. The molecule has 4 nitrogen and oxygen atoms in total. The number of nitrogens with zero attached hydrogens (tertiary/aromatic N) is 1. The van der Waals surface area contributed by atoms with Crippen LogP contribution < -0.4 is 5.32 Å². The lowest BCUT2D eigenvalue weighted by atomic mass is 9.79. The summed E-state index contributed by atoms with van der Waals surface area (Å²) in [5.41, 5.74) is -0.204. The highest BCUT2D eigenvalue weighted by molar-refractivity contribution is 7.12. The number of amides is 2. The second kappa shape index (κ2) is 4.96. The van der Waals surface area contributed by atoms with E-state index in [1.165, 1.54) is 11.3 Å². The average molecular weight is 278 g/mol. The molecule has 2 amide bonds. The van der Waals surface area contributed by atoms with E-state index in [1.54, 1.807) is 0 Å². The predicted octanol–water partition coefficient (Wildman–Crippen LogP) is 1.88. The number of likely N-dealkylation sites (tertiary alicyclic amines) is 1. The minimum Gasteiger partial charge on any atom is -0.356 e. The van der Waals surface area contributed by atoms with E-state index in [1.807, 2.05) is 22.4 Å². The van der Waals surface area contributed by atoms with E-state index in [2.05, 4.69) is 5.32 Å². The van der Waals surface area contributed by atoms with E-state index in [4.69, 9.17) is 0 Å². The molecule has 5 heteroatoms. The summed E-state index contributed by atoms with van der Waals surface area (Å²) in [6.45, 7) is 2.26. The van der Waals surface area contributed by atoms with E-state index >= 15 is 0 Å². The molecule has 1 unspecified atom stereocenters. The highest BCUT2D eigenvalue weighted by atomic mass is 32.1. The molecule has 2 fully saturated rings. The predicted molar refractivity (Wildman–Crippen MR) is 74.1 cm³/mol. The fourth-order valence-electron chi connectivity index (χ4n) is 3.15. The fraction of sp³-hybridized carbons (Fsp3) is 0.571. The molecule has 102 valence electrons. The van der Waals surface area contributed by atoms with Crippen molar-refractivity contribution in [1.29, 1.82) is 0 Å². The molecule has 2 aliphatic rings. The minimum absolute atomic E-state index is 0.116. The summed E-state index contributed by atoms with van der Waals surface area (Å²) in [4.78, 5) is 27.0. The maximum Gasteiger partial charge on any atom is 0.263 e. The lowest BCUT2D eigenvalue weighted by Gasteiger charge is -2.24. The van der Waals surface area contributed by atoms with Crippen LogP contribution in [-0.4, -0.2) is 36.3 Å². The Morgan fingerprint density at radius 3 is 2.89 bits per heavy atom. The molecule has 0 saturated carbocycles. The number of rotatable bonds is 1. The lowest BCUT2D eigenvalue weighted by Crippen LogP contribution is -2.34. The van der Waals surface area contributed by atoms with Gasteiger partial charge in [-0.1, -0.05) is 6.07 Å². The second-order valence-electron chi connectivity index (χ2n) is 5.41. The average Bonchev–Trinajstić information content (AvgIpc) is 2.98. The highest BCUT2D eigenvalue weighted by Crippen LogP contribution is 2.38. The van der Waals surface area contributed by atoms with Gasteiger partial charge in [-0.15, -0.1) is 11.3 Å². The van der Waals surface area contributed by atoms with Crippen LogP contribution >= 0.6 is 11.3 Å². The van der Waals surface area contributed by atoms with Crippen LogP contribution in [0.1, 0.15) is 35.4 Å². The van der Waals surface area contributed by atoms with E-state index in [-0.39, 0.29) is 17.2 Å². The molecule has 0 aliphatic carbocycles. The van der Waals surface area contributed by atoms with Gasteiger partial charge in [0.2, 0.25) is 5.91 Å². The molecule has 3 heterocycles. The van der Waals surface area contributed by atoms with Crippen LogP contribution in [0.3, 0.4) is 0 Å². The molecule has 3 rings (SSSR count). The Labute approximate surface area is 116 Å². The van der Waals surface area contributed by atoms with Gasteiger partial charge in [-0.25, -0.2) is 0 Å². The molecule has 2 aliphatic heterocycles. The molecule has 2 saturated heterocycles. The Morgan fingerprint density at radius 1 is 1.32 bits per heavy atom. The van der Waals surface area contributed by atoms with Gasteiger partial charge in [0, 0.05) is 19.6 Å². The number of hydrogen-bond acceptors (Lipinski definition) is 3. The van der Waals surface area contributed by atoms with Crippen molar-refractivity contribution in [1.82, 2.24) is 10.2 Å². The molecular formula is C14H18N2O2S. The zero-order valence-electron chi connectivity index (χ0n) is 10.9. The van der Waals surface area contributed by atoms with Crippen LogP contribution in [-0.2, 0) is 4.79 Å². The zero-order valence-corrected chi connectivity index (χ0v) is 11.7. The number of hydrogen-bond donors (Lipinski definition) is 1. The number of nitrogens with one attached hydrogen (secondary N) is 1. The van der Waals surface area contributed by atoms with Crippen molar-refractivity contribution in [2.24, 2.45) is 5.41 Å². The molecule has 1 aromatic heterocycles. The summed E-state index contributed by atoms with van der Waals surface area (Å²) in [7, 11) is 0. The van der Waals surface area contributed by atoms with Gasteiger partial charge in [-0.3, -0.25) is 9.59 Å². The first kappa shape index (κ1) is 12.7. The van der Waals surface area contributed by atoms with Crippen LogP contribution in [0, 0.1) is 5.41 Å². The first-order valence-electron chi connectivity index (χ1n) is 6.82. The van der Waals surface area contributed by atoms with Crippen molar-refractivity contribution >= 4 is 23.2 Å². The van der Waals surface area contributed by atoms with E-state index in [0.29, 0.717) is 6.54 Å². The van der Waals surface area contributed by atoms with Crippen LogP contribution in [0.4, 0.5) is 0 Å². The lowest BCUT2D eigenvalue weighted by molar-refractivity contribution is -0.128. The van der Waals surface area contributed by atoms with Crippen molar-refractivity contribution in [2.45, 2.75) is 25.7 Å². The quantitative estimate of drug-likeness (QED) is 0.852. The summed E-state index contributed by atoms with van der Waals surface area (Å²) in [6.07, 6.45) is 3.56. The van der Waals surface area contributed by atoms with Crippen molar-refractivity contribution in [3.8, 4) is 0 Å². The Bertz CT molecular complexity index is 486. The maximum absolute atomic E-state index is 12.3.